The van der Waals surface area contributed by atoms with Gasteiger partial charge in [0.15, 0.2) is 0 Å². The predicted molar refractivity (Wildman–Crippen MR) is 52.4 cm³/mol. The number of hydrogen-bond donors (Lipinski definition) is 0. The Labute approximate surface area is 86.4 Å². The molecule has 0 saturated carbocycles. The Balaban J connectivity index is 3.20. The van der Waals surface area contributed by atoms with E-state index in [1.165, 1.54) is 0 Å². The number of hydrogen-bond acceptors (Lipinski definition) is 3. The van der Waals surface area contributed by atoms with Crippen molar-refractivity contribution >= 4 is 16.8 Å². The maximum absolute atomic E-state index is 10.9. The molecule has 0 spiro atoms. The molecule has 5 heteroatoms. The van der Waals surface area contributed by atoms with Crippen molar-refractivity contribution in [3.8, 4) is 0 Å². The minimum atomic E-state index is -0.631. The van der Waals surface area contributed by atoms with Gasteiger partial charge in [-0.1, -0.05) is 13.0 Å². The van der Waals surface area contributed by atoms with Crippen LogP contribution in [0.2, 0.25) is 0 Å². The second-order valence-corrected chi connectivity index (χ2v) is 3.64. The summed E-state index contributed by atoms with van der Waals surface area (Å²) < 4.78 is 0. The summed E-state index contributed by atoms with van der Waals surface area (Å²) in [6.45, 7) is 3.31. The average Bonchev–Trinajstić information content (AvgIpc) is 2.02. The second kappa shape index (κ2) is 3.92. The fourth-order valence-electron chi connectivity index (χ4n) is 1.61. The molecule has 1 aliphatic rings. The predicted octanol–water partition coefficient (Wildman–Crippen LogP) is 2.27. The summed E-state index contributed by atoms with van der Waals surface area (Å²) in [5.41, 5.74) is 0.738. The van der Waals surface area contributed by atoms with E-state index in [0.29, 0.717) is 12.0 Å². The van der Waals surface area contributed by atoms with Crippen LogP contribution in [0.1, 0.15) is 20.3 Å². The standard InChI is InChI=1S/C9H10ClNO3/c1-5-3-4-7(9(10)12)6(2)8(5)11(13)14/h4-5H,3H2,1-2H3. The molecule has 0 radical (unpaired) electrons. The normalized spacial score (nSPS) is 21.9. The quantitative estimate of drug-likeness (QED) is 0.403. The topological polar surface area (TPSA) is 60.2 Å². The van der Waals surface area contributed by atoms with Crippen molar-refractivity contribution in [2.24, 2.45) is 5.92 Å². The fourth-order valence-corrected chi connectivity index (χ4v) is 1.83. The van der Waals surface area contributed by atoms with Crippen LogP contribution < -0.4 is 0 Å². The summed E-state index contributed by atoms with van der Waals surface area (Å²) in [6.07, 6.45) is 2.14. The molecule has 0 bridgehead atoms. The largest absolute Gasteiger partial charge is 0.276 e. The third-order valence-electron chi connectivity index (χ3n) is 2.34. The molecule has 0 aliphatic heterocycles. The number of halogens is 1. The molecule has 1 unspecified atom stereocenters. The van der Waals surface area contributed by atoms with E-state index in [-0.39, 0.29) is 17.2 Å². The molecule has 4 nitrogen and oxygen atoms in total. The van der Waals surface area contributed by atoms with Gasteiger partial charge < -0.3 is 0 Å². The molecule has 0 aromatic rings. The van der Waals surface area contributed by atoms with Crippen LogP contribution in [0.15, 0.2) is 22.9 Å². The Morgan fingerprint density at radius 3 is 2.71 bits per heavy atom. The van der Waals surface area contributed by atoms with E-state index in [9.17, 15) is 14.9 Å². The number of rotatable bonds is 2. The molecule has 0 amide bonds. The number of carbonyl (C=O) groups is 1. The van der Waals surface area contributed by atoms with Crippen LogP contribution in [0.25, 0.3) is 0 Å². The van der Waals surface area contributed by atoms with Gasteiger partial charge in [0.2, 0.25) is 0 Å². The lowest BCUT2D eigenvalue weighted by Gasteiger charge is -2.15. The minimum absolute atomic E-state index is 0.0940. The van der Waals surface area contributed by atoms with E-state index in [1.54, 1.807) is 19.9 Å². The lowest BCUT2D eigenvalue weighted by atomic mass is 9.90. The molecule has 1 atom stereocenters. The van der Waals surface area contributed by atoms with Crippen molar-refractivity contribution in [2.75, 3.05) is 0 Å². The molecule has 1 aliphatic carbocycles. The molecular formula is C9H10ClNO3. The highest BCUT2D eigenvalue weighted by Crippen LogP contribution is 2.30. The molecule has 0 heterocycles. The average molecular weight is 216 g/mol. The van der Waals surface area contributed by atoms with Crippen LogP contribution in [0.4, 0.5) is 0 Å². The molecule has 0 N–H and O–H groups in total. The van der Waals surface area contributed by atoms with Gasteiger partial charge in [-0.15, -0.1) is 0 Å². The number of allylic oxidation sites excluding steroid dienone is 4. The van der Waals surface area contributed by atoms with Crippen LogP contribution >= 0.6 is 11.6 Å². The summed E-state index contributed by atoms with van der Waals surface area (Å²) in [4.78, 5) is 21.2. The Bertz CT molecular complexity index is 357. The zero-order valence-electron chi connectivity index (χ0n) is 7.91. The summed E-state index contributed by atoms with van der Waals surface area (Å²) >= 11 is 5.31. The monoisotopic (exact) mass is 215 g/mol. The highest BCUT2D eigenvalue weighted by atomic mass is 35.5. The van der Waals surface area contributed by atoms with Gasteiger partial charge in [0.05, 0.1) is 10.8 Å². The van der Waals surface area contributed by atoms with Crippen LogP contribution in [-0.4, -0.2) is 10.2 Å². The number of carbonyl (C=O) groups excluding carboxylic acids is 1. The first-order valence-electron chi connectivity index (χ1n) is 4.20. The Kier molecular flexibility index (Phi) is 3.06. The molecule has 14 heavy (non-hydrogen) atoms. The first-order valence-corrected chi connectivity index (χ1v) is 4.58. The summed E-state index contributed by atoms with van der Waals surface area (Å²) in [7, 11) is 0. The molecule has 0 fully saturated rings. The summed E-state index contributed by atoms with van der Waals surface area (Å²) in [6, 6.07) is 0. The van der Waals surface area contributed by atoms with Crippen molar-refractivity contribution in [1.82, 2.24) is 0 Å². The van der Waals surface area contributed by atoms with E-state index in [1.807, 2.05) is 0 Å². The maximum Gasteiger partial charge on any atom is 0.252 e. The van der Waals surface area contributed by atoms with E-state index in [2.05, 4.69) is 0 Å². The minimum Gasteiger partial charge on any atom is -0.276 e. The first-order chi connectivity index (χ1) is 6.45. The fraction of sp³-hybridized carbons (Fsp3) is 0.444. The van der Waals surface area contributed by atoms with Crippen LogP contribution in [-0.2, 0) is 4.79 Å². The zero-order valence-corrected chi connectivity index (χ0v) is 8.67. The summed E-state index contributed by atoms with van der Waals surface area (Å²) in [5.74, 6) is -0.162. The van der Waals surface area contributed by atoms with Crippen LogP contribution in [0.3, 0.4) is 0 Å². The van der Waals surface area contributed by atoms with Crippen molar-refractivity contribution in [3.05, 3.63) is 33.0 Å². The second-order valence-electron chi connectivity index (χ2n) is 3.30. The van der Waals surface area contributed by atoms with E-state index >= 15 is 0 Å². The van der Waals surface area contributed by atoms with Gasteiger partial charge in [-0.25, -0.2) is 0 Å². The molecular weight excluding hydrogens is 206 g/mol. The number of nitro groups is 1. The molecule has 76 valence electrons. The highest BCUT2D eigenvalue weighted by molar-refractivity contribution is 6.68. The smallest absolute Gasteiger partial charge is 0.252 e. The molecule has 0 saturated heterocycles. The van der Waals surface area contributed by atoms with Crippen LogP contribution in [0, 0.1) is 16.0 Å². The zero-order chi connectivity index (χ0) is 10.9. The Hall–Kier alpha value is -1.16. The van der Waals surface area contributed by atoms with Gasteiger partial charge in [0.25, 0.3) is 10.9 Å². The van der Waals surface area contributed by atoms with Crippen molar-refractivity contribution in [2.45, 2.75) is 20.3 Å². The summed E-state index contributed by atoms with van der Waals surface area (Å²) in [5, 5.41) is 10.1. The van der Waals surface area contributed by atoms with E-state index in [0.717, 1.165) is 0 Å². The van der Waals surface area contributed by atoms with Gasteiger partial charge in [-0.05, 0) is 24.9 Å². The first kappa shape index (κ1) is 10.9. The molecule has 0 aromatic carbocycles. The Morgan fingerprint density at radius 1 is 1.71 bits per heavy atom. The third kappa shape index (κ3) is 1.85. The Morgan fingerprint density at radius 2 is 2.29 bits per heavy atom. The number of nitrogens with zero attached hydrogens (tertiary/aromatic N) is 1. The van der Waals surface area contributed by atoms with Gasteiger partial charge in [0.1, 0.15) is 0 Å². The molecule has 1 rings (SSSR count). The van der Waals surface area contributed by atoms with Gasteiger partial charge in [0, 0.05) is 11.1 Å². The van der Waals surface area contributed by atoms with Crippen molar-refractivity contribution < 1.29 is 9.72 Å². The van der Waals surface area contributed by atoms with Gasteiger partial charge >= 0.3 is 0 Å². The van der Waals surface area contributed by atoms with E-state index in [4.69, 9.17) is 11.6 Å². The maximum atomic E-state index is 10.9. The molecule has 0 aromatic heterocycles. The van der Waals surface area contributed by atoms with Crippen molar-refractivity contribution in [1.29, 1.82) is 0 Å². The highest BCUT2D eigenvalue weighted by Gasteiger charge is 2.30. The SMILES string of the molecule is CC1=C([N+](=O)[O-])C(C)CC=C1C(=O)Cl. The van der Waals surface area contributed by atoms with Crippen LogP contribution in [0.5, 0.6) is 0 Å². The van der Waals surface area contributed by atoms with Gasteiger partial charge in [-0.3, -0.25) is 14.9 Å². The van der Waals surface area contributed by atoms with Gasteiger partial charge in [-0.2, -0.15) is 0 Å². The lowest BCUT2D eigenvalue weighted by molar-refractivity contribution is -0.434. The van der Waals surface area contributed by atoms with E-state index < -0.39 is 10.2 Å². The lowest BCUT2D eigenvalue weighted by Crippen LogP contribution is -2.17. The van der Waals surface area contributed by atoms with Crippen molar-refractivity contribution in [3.63, 3.8) is 0 Å². The third-order valence-corrected chi connectivity index (χ3v) is 2.54.